The van der Waals surface area contributed by atoms with Crippen molar-refractivity contribution >= 4 is 40.7 Å². The van der Waals surface area contributed by atoms with Crippen LogP contribution in [-0.4, -0.2) is 4.71 Å². The minimum Gasteiger partial charge on any atom is -0.398 e. The van der Waals surface area contributed by atoms with Gasteiger partial charge in [-0.25, -0.2) is 0 Å². The monoisotopic (exact) mass is 243 g/mol. The number of benzene rings is 1. The second kappa shape index (κ2) is 3.90. The molecule has 0 bridgehead atoms. The molecule has 72 valence electrons. The molecule has 0 heterocycles. The highest BCUT2D eigenvalue weighted by Crippen LogP contribution is 2.40. The van der Waals surface area contributed by atoms with Crippen molar-refractivity contribution in [1.82, 2.24) is 0 Å². The van der Waals surface area contributed by atoms with Gasteiger partial charge in [-0.05, 0) is 41.6 Å². The van der Waals surface area contributed by atoms with Crippen molar-refractivity contribution in [1.29, 1.82) is 0 Å². The zero-order chi connectivity index (χ0) is 10.1. The lowest BCUT2D eigenvalue weighted by Gasteiger charge is -2.07. The van der Waals surface area contributed by atoms with E-state index in [1.807, 2.05) is 0 Å². The molecule has 2 N–H and O–H groups in total. The minimum atomic E-state index is -3.32. The SMILES string of the molecule is Nc1ccc(SC(F)(F)Cl)cc1Cl. The lowest BCUT2D eigenvalue weighted by molar-refractivity contribution is 0.203. The van der Waals surface area contributed by atoms with Gasteiger partial charge in [-0.1, -0.05) is 11.6 Å². The number of nitrogens with two attached hydrogens (primary N) is 1. The van der Waals surface area contributed by atoms with Crippen molar-refractivity contribution in [2.75, 3.05) is 5.73 Å². The first-order chi connectivity index (χ1) is 5.88. The number of anilines is 1. The fourth-order valence-electron chi connectivity index (χ4n) is 0.705. The molecule has 0 aliphatic heterocycles. The summed E-state index contributed by atoms with van der Waals surface area (Å²) in [7, 11) is 0. The molecule has 0 amide bonds. The molecule has 1 nitrogen and oxygen atoms in total. The van der Waals surface area contributed by atoms with Crippen LogP contribution >= 0.6 is 35.0 Å². The topological polar surface area (TPSA) is 26.0 Å². The summed E-state index contributed by atoms with van der Waals surface area (Å²) in [5.74, 6) is 0. The first kappa shape index (κ1) is 10.9. The predicted molar refractivity (Wildman–Crippen MR) is 52.5 cm³/mol. The number of halogens is 4. The Morgan fingerprint density at radius 1 is 1.38 bits per heavy atom. The molecule has 1 aromatic carbocycles. The van der Waals surface area contributed by atoms with Crippen LogP contribution in [0.15, 0.2) is 23.1 Å². The Labute approximate surface area is 88.2 Å². The molecule has 0 aliphatic carbocycles. The number of thioether (sulfide) groups is 1. The molecule has 6 heteroatoms. The van der Waals surface area contributed by atoms with Gasteiger partial charge in [0, 0.05) is 4.90 Å². The Hall–Kier alpha value is -0.190. The van der Waals surface area contributed by atoms with Crippen molar-refractivity contribution in [3.8, 4) is 0 Å². The normalized spacial score (nSPS) is 11.7. The van der Waals surface area contributed by atoms with E-state index in [2.05, 4.69) is 0 Å². The quantitative estimate of drug-likeness (QED) is 0.486. The second-order valence-electron chi connectivity index (χ2n) is 2.23. The zero-order valence-corrected chi connectivity index (χ0v) is 8.56. The Morgan fingerprint density at radius 2 is 2.00 bits per heavy atom. The van der Waals surface area contributed by atoms with Crippen molar-refractivity contribution in [2.24, 2.45) is 0 Å². The summed E-state index contributed by atoms with van der Waals surface area (Å²) in [5, 5.41) is 0.242. The molecule has 0 saturated heterocycles. The van der Waals surface area contributed by atoms with Crippen LogP contribution in [0.2, 0.25) is 5.02 Å². The Balaban J connectivity index is 2.86. The maximum Gasteiger partial charge on any atom is 0.375 e. The average molecular weight is 244 g/mol. The highest BCUT2D eigenvalue weighted by molar-refractivity contribution is 8.01. The smallest absolute Gasteiger partial charge is 0.375 e. The fraction of sp³-hybridized carbons (Fsp3) is 0.143. The average Bonchev–Trinajstić information content (AvgIpc) is 1.94. The number of nitrogen functional groups attached to an aromatic ring is 1. The van der Waals surface area contributed by atoms with Crippen LogP contribution in [0.3, 0.4) is 0 Å². The van der Waals surface area contributed by atoms with E-state index in [1.165, 1.54) is 18.2 Å². The van der Waals surface area contributed by atoms with Crippen LogP contribution in [0.1, 0.15) is 0 Å². The molecule has 0 unspecified atom stereocenters. The summed E-state index contributed by atoms with van der Waals surface area (Å²) in [6.45, 7) is 0. The number of hydrogen-bond donors (Lipinski definition) is 1. The van der Waals surface area contributed by atoms with Gasteiger partial charge in [-0.3, -0.25) is 0 Å². The van der Waals surface area contributed by atoms with E-state index in [1.54, 1.807) is 0 Å². The van der Waals surface area contributed by atoms with Gasteiger partial charge in [0.25, 0.3) is 0 Å². The van der Waals surface area contributed by atoms with Crippen LogP contribution in [0.25, 0.3) is 0 Å². The zero-order valence-electron chi connectivity index (χ0n) is 6.23. The van der Waals surface area contributed by atoms with Crippen molar-refractivity contribution < 1.29 is 8.78 Å². The maximum absolute atomic E-state index is 12.3. The Bertz CT molecular complexity index is 314. The van der Waals surface area contributed by atoms with E-state index in [0.717, 1.165) is 0 Å². The van der Waals surface area contributed by atoms with Gasteiger partial charge in [-0.2, -0.15) is 8.78 Å². The van der Waals surface area contributed by atoms with E-state index in [0.29, 0.717) is 5.69 Å². The molecule has 0 aliphatic rings. The van der Waals surface area contributed by atoms with Crippen LogP contribution in [-0.2, 0) is 0 Å². The number of alkyl halides is 3. The Morgan fingerprint density at radius 3 is 2.46 bits per heavy atom. The third-order valence-electron chi connectivity index (χ3n) is 1.21. The molecule has 0 aromatic heterocycles. The number of rotatable bonds is 2. The minimum absolute atomic E-state index is 0.216. The van der Waals surface area contributed by atoms with Crippen LogP contribution in [0.4, 0.5) is 14.5 Å². The van der Waals surface area contributed by atoms with Crippen molar-refractivity contribution in [3.05, 3.63) is 23.2 Å². The second-order valence-corrected chi connectivity index (χ2v) is 4.53. The molecular weight excluding hydrogens is 239 g/mol. The predicted octanol–water partition coefficient (Wildman–Crippen LogP) is 3.80. The van der Waals surface area contributed by atoms with Crippen LogP contribution in [0, 0.1) is 0 Å². The van der Waals surface area contributed by atoms with Gasteiger partial charge in [0.1, 0.15) is 0 Å². The highest BCUT2D eigenvalue weighted by atomic mass is 35.5. The summed E-state index contributed by atoms with van der Waals surface area (Å²) < 4.78 is 21.3. The van der Waals surface area contributed by atoms with Crippen molar-refractivity contribution in [2.45, 2.75) is 9.61 Å². The van der Waals surface area contributed by atoms with Gasteiger partial charge in [0.2, 0.25) is 0 Å². The molecule has 0 spiro atoms. The van der Waals surface area contributed by atoms with E-state index in [9.17, 15) is 8.78 Å². The van der Waals surface area contributed by atoms with E-state index < -0.39 is 4.71 Å². The molecule has 13 heavy (non-hydrogen) atoms. The van der Waals surface area contributed by atoms with Gasteiger partial charge >= 0.3 is 4.71 Å². The van der Waals surface area contributed by atoms with E-state index in [-0.39, 0.29) is 21.7 Å². The lowest BCUT2D eigenvalue weighted by atomic mass is 10.3. The molecule has 1 rings (SSSR count). The fourth-order valence-corrected chi connectivity index (χ4v) is 1.80. The highest BCUT2D eigenvalue weighted by Gasteiger charge is 2.26. The molecule has 0 radical (unpaired) electrons. The van der Waals surface area contributed by atoms with Gasteiger partial charge in [0.05, 0.1) is 10.7 Å². The van der Waals surface area contributed by atoms with Crippen LogP contribution in [0.5, 0.6) is 0 Å². The lowest BCUT2D eigenvalue weighted by Crippen LogP contribution is -1.97. The molecule has 0 atom stereocenters. The largest absolute Gasteiger partial charge is 0.398 e. The standard InChI is InChI=1S/C7H5Cl2F2NS/c8-5-3-4(1-2-6(5)12)13-7(9,10)11/h1-3H,12H2. The number of hydrogen-bond acceptors (Lipinski definition) is 2. The summed E-state index contributed by atoms with van der Waals surface area (Å²) in [5.41, 5.74) is 5.74. The van der Waals surface area contributed by atoms with E-state index >= 15 is 0 Å². The molecular formula is C7H5Cl2F2NS. The first-order valence-electron chi connectivity index (χ1n) is 3.19. The third-order valence-corrected chi connectivity index (χ3v) is 2.49. The molecule has 0 fully saturated rings. The molecule has 1 aromatic rings. The maximum atomic E-state index is 12.3. The van der Waals surface area contributed by atoms with E-state index in [4.69, 9.17) is 28.9 Å². The van der Waals surface area contributed by atoms with Gasteiger partial charge in [-0.15, -0.1) is 0 Å². The molecule has 0 saturated carbocycles. The third kappa shape index (κ3) is 3.58. The summed E-state index contributed by atoms with van der Waals surface area (Å²) in [6.07, 6.45) is 0. The summed E-state index contributed by atoms with van der Waals surface area (Å²) in [6, 6.07) is 4.23. The Kier molecular flexibility index (Phi) is 3.27. The summed E-state index contributed by atoms with van der Waals surface area (Å²) >= 11 is 10.5. The summed E-state index contributed by atoms with van der Waals surface area (Å²) in [4.78, 5) is 0.277. The van der Waals surface area contributed by atoms with Gasteiger partial charge in [0.15, 0.2) is 0 Å². The first-order valence-corrected chi connectivity index (χ1v) is 4.76. The van der Waals surface area contributed by atoms with Crippen molar-refractivity contribution in [3.63, 3.8) is 0 Å². The van der Waals surface area contributed by atoms with Gasteiger partial charge < -0.3 is 5.73 Å². The van der Waals surface area contributed by atoms with Crippen LogP contribution < -0.4 is 5.73 Å².